The maximum Gasteiger partial charge on any atom is 0.413 e. The Labute approximate surface area is 167 Å². The van der Waals surface area contributed by atoms with E-state index in [0.29, 0.717) is 12.2 Å². The number of rotatable bonds is 1. The largest absolute Gasteiger partial charge is 0.444 e. The topological polar surface area (TPSA) is 67.9 Å². The Morgan fingerprint density at radius 3 is 2.77 bits per heavy atom. The van der Waals surface area contributed by atoms with Crippen LogP contribution in [0.4, 0.5) is 10.5 Å². The van der Waals surface area contributed by atoms with Gasteiger partial charge in [-0.05, 0) is 69.4 Å². The monoisotopic (exact) mass is 470 g/mol. The van der Waals surface area contributed by atoms with E-state index in [1.165, 1.54) is 0 Å². The molecular weight excluding hydrogens is 447 g/mol. The van der Waals surface area contributed by atoms with Crippen LogP contribution in [0.25, 0.3) is 5.57 Å². The van der Waals surface area contributed by atoms with Crippen molar-refractivity contribution in [2.24, 2.45) is 0 Å². The van der Waals surface area contributed by atoms with Crippen LogP contribution in [0.2, 0.25) is 0 Å². The minimum absolute atomic E-state index is 0.169. The van der Waals surface area contributed by atoms with E-state index in [0.717, 1.165) is 14.8 Å². The molecule has 2 heterocycles. The third-order valence-electron chi connectivity index (χ3n) is 4.26. The lowest BCUT2D eigenvalue weighted by Crippen LogP contribution is -2.49. The van der Waals surface area contributed by atoms with E-state index >= 15 is 0 Å². The lowest BCUT2D eigenvalue weighted by atomic mass is 10.0. The molecule has 3 rings (SSSR count). The highest BCUT2D eigenvalue weighted by Crippen LogP contribution is 2.37. The van der Waals surface area contributed by atoms with Crippen molar-refractivity contribution in [2.45, 2.75) is 52.0 Å². The van der Waals surface area contributed by atoms with Gasteiger partial charge < -0.3 is 14.8 Å². The first kappa shape index (κ1) is 19.2. The standard InChI is InChI=1S/C19H23IN2O4/c1-18(2,3)26-17(24)22-11(10-25-19(22,4)5)9-13-12-7-6-8-14(20)15(12)21-16(13)23/h6-9,11H,10H2,1-5H3,(H,21,23)/b13-9+/t11-/m0/s1. The molecule has 0 aromatic heterocycles. The molecule has 0 bridgehead atoms. The lowest BCUT2D eigenvalue weighted by molar-refractivity contribution is -0.110. The summed E-state index contributed by atoms with van der Waals surface area (Å²) in [6.07, 6.45) is 1.35. The van der Waals surface area contributed by atoms with Crippen molar-refractivity contribution in [1.82, 2.24) is 4.90 Å². The van der Waals surface area contributed by atoms with Crippen LogP contribution < -0.4 is 5.32 Å². The van der Waals surface area contributed by atoms with Crippen LogP contribution in [-0.2, 0) is 14.3 Å². The fourth-order valence-corrected chi connectivity index (χ4v) is 3.79. The summed E-state index contributed by atoms with van der Waals surface area (Å²) in [6.45, 7) is 9.42. The summed E-state index contributed by atoms with van der Waals surface area (Å²) in [6, 6.07) is 5.37. The van der Waals surface area contributed by atoms with Crippen molar-refractivity contribution in [3.63, 3.8) is 0 Å². The van der Waals surface area contributed by atoms with Crippen molar-refractivity contribution in [3.05, 3.63) is 33.4 Å². The maximum atomic E-state index is 12.7. The number of fused-ring (bicyclic) bond motifs is 1. The number of carbonyl (C=O) groups is 2. The molecule has 1 aromatic carbocycles. The van der Waals surface area contributed by atoms with E-state index in [1.807, 2.05) is 52.8 Å². The molecule has 2 aliphatic heterocycles. The number of ether oxygens (including phenoxy) is 2. The molecule has 26 heavy (non-hydrogen) atoms. The molecular formula is C19H23IN2O4. The minimum atomic E-state index is -0.812. The van der Waals surface area contributed by atoms with Crippen LogP contribution in [0.1, 0.15) is 40.2 Å². The van der Waals surface area contributed by atoms with Crippen LogP contribution in [0.3, 0.4) is 0 Å². The molecule has 0 unspecified atom stereocenters. The summed E-state index contributed by atoms with van der Waals surface area (Å²) >= 11 is 2.19. The number of benzene rings is 1. The summed E-state index contributed by atoms with van der Waals surface area (Å²) in [7, 11) is 0. The van der Waals surface area contributed by atoms with Crippen LogP contribution >= 0.6 is 22.6 Å². The zero-order valence-electron chi connectivity index (χ0n) is 15.6. The number of halogens is 1. The molecule has 2 aliphatic rings. The normalized spacial score (nSPS) is 23.2. The molecule has 1 N–H and O–H groups in total. The highest BCUT2D eigenvalue weighted by molar-refractivity contribution is 14.1. The fraction of sp³-hybridized carbons (Fsp3) is 0.474. The maximum absolute atomic E-state index is 12.7. The van der Waals surface area contributed by atoms with Crippen molar-refractivity contribution >= 4 is 45.9 Å². The van der Waals surface area contributed by atoms with E-state index in [9.17, 15) is 9.59 Å². The summed E-state index contributed by atoms with van der Waals surface area (Å²) in [4.78, 5) is 26.8. The Morgan fingerprint density at radius 2 is 2.12 bits per heavy atom. The molecule has 1 fully saturated rings. The molecule has 1 saturated heterocycles. The Bertz CT molecular complexity index is 795. The molecule has 1 aromatic rings. The van der Waals surface area contributed by atoms with Crippen molar-refractivity contribution in [1.29, 1.82) is 0 Å². The second kappa shape index (κ2) is 6.53. The zero-order chi connectivity index (χ0) is 19.3. The van der Waals surface area contributed by atoms with Gasteiger partial charge in [-0.25, -0.2) is 4.79 Å². The number of amides is 2. The Kier molecular flexibility index (Phi) is 4.81. The smallest absolute Gasteiger partial charge is 0.413 e. The summed E-state index contributed by atoms with van der Waals surface area (Å²) in [5.41, 5.74) is 0.786. The molecule has 1 atom stereocenters. The van der Waals surface area contributed by atoms with E-state index in [4.69, 9.17) is 9.47 Å². The van der Waals surface area contributed by atoms with Gasteiger partial charge in [0.25, 0.3) is 5.91 Å². The van der Waals surface area contributed by atoms with E-state index in [1.54, 1.807) is 11.0 Å². The molecule has 0 aliphatic carbocycles. The highest BCUT2D eigenvalue weighted by Gasteiger charge is 2.45. The highest BCUT2D eigenvalue weighted by atomic mass is 127. The van der Waals surface area contributed by atoms with Crippen LogP contribution in [0.15, 0.2) is 24.3 Å². The predicted molar refractivity (Wildman–Crippen MR) is 108 cm³/mol. The lowest BCUT2D eigenvalue weighted by Gasteiger charge is -2.34. The third kappa shape index (κ3) is 3.59. The fourth-order valence-electron chi connectivity index (χ4n) is 3.16. The van der Waals surface area contributed by atoms with Gasteiger partial charge in [0.1, 0.15) is 11.3 Å². The summed E-state index contributed by atoms with van der Waals surface area (Å²) in [5, 5.41) is 2.90. The van der Waals surface area contributed by atoms with Crippen molar-refractivity contribution in [3.8, 4) is 0 Å². The molecule has 0 saturated carbocycles. The van der Waals surface area contributed by atoms with Gasteiger partial charge in [-0.2, -0.15) is 0 Å². The first-order valence-corrected chi connectivity index (χ1v) is 9.56. The molecule has 0 spiro atoms. The average Bonchev–Trinajstić information content (AvgIpc) is 2.96. The number of carbonyl (C=O) groups excluding carboxylic acids is 2. The van der Waals surface area contributed by atoms with Gasteiger partial charge in [0.15, 0.2) is 0 Å². The minimum Gasteiger partial charge on any atom is -0.444 e. The van der Waals surface area contributed by atoms with Gasteiger partial charge >= 0.3 is 6.09 Å². The SMILES string of the molecule is CC(C)(C)OC(=O)N1[C@@H](/C=C2/C(=O)Nc3c(I)cccc32)COC1(C)C. The first-order chi connectivity index (χ1) is 12.0. The van der Waals surface area contributed by atoms with Crippen LogP contribution in [0, 0.1) is 3.57 Å². The van der Waals surface area contributed by atoms with Gasteiger partial charge in [-0.1, -0.05) is 12.1 Å². The summed E-state index contributed by atoms with van der Waals surface area (Å²) < 4.78 is 12.3. The van der Waals surface area contributed by atoms with Gasteiger partial charge in [-0.15, -0.1) is 0 Å². The number of hydrogen-bond donors (Lipinski definition) is 1. The Morgan fingerprint density at radius 1 is 1.42 bits per heavy atom. The quantitative estimate of drug-likeness (QED) is 0.498. The van der Waals surface area contributed by atoms with Crippen molar-refractivity contribution in [2.75, 3.05) is 11.9 Å². The van der Waals surface area contributed by atoms with Gasteiger partial charge in [0, 0.05) is 14.7 Å². The zero-order valence-corrected chi connectivity index (χ0v) is 17.7. The molecule has 2 amide bonds. The Hall–Kier alpha value is -1.61. The summed E-state index contributed by atoms with van der Waals surface area (Å²) in [5.74, 6) is -0.169. The van der Waals surface area contributed by atoms with Crippen LogP contribution in [0.5, 0.6) is 0 Å². The second-order valence-electron chi connectivity index (χ2n) is 7.87. The van der Waals surface area contributed by atoms with Crippen LogP contribution in [-0.4, -0.2) is 40.9 Å². The average molecular weight is 470 g/mol. The molecule has 6 nitrogen and oxygen atoms in total. The second-order valence-corrected chi connectivity index (χ2v) is 9.03. The van der Waals surface area contributed by atoms with Gasteiger partial charge in [-0.3, -0.25) is 9.69 Å². The first-order valence-electron chi connectivity index (χ1n) is 8.48. The number of anilines is 1. The van der Waals surface area contributed by atoms with E-state index in [2.05, 4.69) is 27.9 Å². The van der Waals surface area contributed by atoms with Gasteiger partial charge in [0.05, 0.1) is 18.3 Å². The van der Waals surface area contributed by atoms with E-state index in [-0.39, 0.29) is 11.9 Å². The number of hydrogen-bond acceptors (Lipinski definition) is 4. The number of nitrogens with one attached hydrogen (secondary N) is 1. The van der Waals surface area contributed by atoms with Gasteiger partial charge in [0.2, 0.25) is 0 Å². The Balaban J connectivity index is 1.96. The molecule has 0 radical (unpaired) electrons. The molecule has 140 valence electrons. The van der Waals surface area contributed by atoms with Crippen molar-refractivity contribution < 1.29 is 19.1 Å². The number of para-hydroxylation sites is 1. The van der Waals surface area contributed by atoms with E-state index < -0.39 is 17.4 Å². The number of nitrogens with zero attached hydrogens (tertiary/aromatic N) is 1. The third-order valence-corrected chi connectivity index (χ3v) is 5.15. The predicted octanol–water partition coefficient (Wildman–Crippen LogP) is 4.00. The molecule has 7 heteroatoms.